The lowest BCUT2D eigenvalue weighted by Crippen LogP contribution is -2.51. The first-order valence-electron chi connectivity index (χ1n) is 13.0. The Kier molecular flexibility index (Phi) is 6.11. The maximum Gasteiger partial charge on any atom is 0.416 e. The summed E-state index contributed by atoms with van der Waals surface area (Å²) in [6.45, 7) is 4.33. The van der Waals surface area contributed by atoms with Crippen molar-refractivity contribution in [2.24, 2.45) is 34.5 Å². The monoisotopic (exact) mass is 527 g/mol. The van der Waals surface area contributed by atoms with Crippen molar-refractivity contribution in [3.8, 4) is 0 Å². The third-order valence-corrected chi connectivity index (χ3v) is 10.1. The molecule has 1 N–H and O–H groups in total. The second-order valence-corrected chi connectivity index (χ2v) is 11.9. The minimum Gasteiger partial charge on any atom is -0.326 e. The quantitative estimate of drug-likeness (QED) is 0.399. The van der Waals surface area contributed by atoms with E-state index in [1.807, 2.05) is 6.08 Å². The third-order valence-electron chi connectivity index (χ3n) is 10.1. The summed E-state index contributed by atoms with van der Waals surface area (Å²) in [7, 11) is 0. The number of fused-ring (bicyclic) bond motifs is 5. The van der Waals surface area contributed by atoms with E-state index in [-0.39, 0.29) is 28.6 Å². The SMILES string of the molecule is C[C@]12CC[C@H]3[C@@H](CCC4=CC(=O)CC[C@@]43C)[C@@H]1CC[C@@H]2C(=O)Nc1cc(C(F)(F)F)cc(C(F)(F)F)c1. The van der Waals surface area contributed by atoms with E-state index in [1.165, 1.54) is 5.57 Å². The molecule has 9 heteroatoms. The Bertz CT molecular complexity index is 1120. The predicted molar refractivity (Wildman–Crippen MR) is 125 cm³/mol. The normalized spacial score (nSPS) is 35.8. The fourth-order valence-electron chi connectivity index (χ4n) is 8.25. The number of halogens is 6. The predicted octanol–water partition coefficient (Wildman–Crippen LogP) is 7.81. The Labute approximate surface area is 212 Å². The van der Waals surface area contributed by atoms with Crippen LogP contribution in [0.2, 0.25) is 0 Å². The number of anilines is 1. The van der Waals surface area contributed by atoms with E-state index >= 15 is 0 Å². The zero-order valence-corrected chi connectivity index (χ0v) is 20.9. The lowest BCUT2D eigenvalue weighted by atomic mass is 9.47. The Balaban J connectivity index is 1.38. The van der Waals surface area contributed by atoms with E-state index in [2.05, 4.69) is 19.2 Å². The first-order chi connectivity index (χ1) is 17.1. The highest BCUT2D eigenvalue weighted by Gasteiger charge is 2.60. The topological polar surface area (TPSA) is 46.2 Å². The number of rotatable bonds is 2. The van der Waals surface area contributed by atoms with Gasteiger partial charge in [0.2, 0.25) is 5.91 Å². The molecule has 0 unspecified atom stereocenters. The highest BCUT2D eigenvalue weighted by atomic mass is 19.4. The average molecular weight is 528 g/mol. The Morgan fingerprint density at radius 3 is 2.14 bits per heavy atom. The molecule has 6 atom stereocenters. The van der Waals surface area contributed by atoms with Gasteiger partial charge in [0.25, 0.3) is 0 Å². The number of carbonyl (C=O) groups is 2. The summed E-state index contributed by atoms with van der Waals surface area (Å²) >= 11 is 0. The molecule has 4 aliphatic rings. The number of allylic oxidation sites excluding steroid dienone is 1. The molecule has 0 aromatic heterocycles. The first kappa shape index (κ1) is 26.3. The van der Waals surface area contributed by atoms with E-state index in [9.17, 15) is 35.9 Å². The first-order valence-corrected chi connectivity index (χ1v) is 13.0. The van der Waals surface area contributed by atoms with Gasteiger partial charge in [-0.05, 0) is 97.8 Å². The third kappa shape index (κ3) is 4.40. The van der Waals surface area contributed by atoms with Crippen LogP contribution in [0, 0.1) is 34.5 Å². The molecule has 3 saturated carbocycles. The zero-order valence-electron chi connectivity index (χ0n) is 20.9. The maximum atomic E-state index is 13.4. The van der Waals surface area contributed by atoms with E-state index in [0.717, 1.165) is 38.5 Å². The van der Waals surface area contributed by atoms with E-state index in [0.29, 0.717) is 36.8 Å². The van der Waals surface area contributed by atoms with Gasteiger partial charge >= 0.3 is 12.4 Å². The van der Waals surface area contributed by atoms with Gasteiger partial charge in [0.15, 0.2) is 5.78 Å². The standard InChI is InChI=1S/C28H31F6NO2/c1-25-9-7-19(36)14-15(25)3-4-20-21-5-6-23(26(21,2)10-8-22(20)25)24(37)35-18-12-16(27(29,30)31)11-17(13-18)28(32,33)34/h11-14,20-23H,3-10H2,1-2H3,(H,35,37)/t20-,21-,22-,23+,25-,26-/m0/s1. The minimum absolute atomic E-state index is 0.0233. The van der Waals surface area contributed by atoms with Crippen molar-refractivity contribution in [2.75, 3.05) is 5.32 Å². The van der Waals surface area contributed by atoms with Crippen LogP contribution in [0.25, 0.3) is 0 Å². The Morgan fingerprint density at radius 1 is 0.865 bits per heavy atom. The second kappa shape index (κ2) is 8.60. The number of benzene rings is 1. The van der Waals surface area contributed by atoms with Crippen LogP contribution >= 0.6 is 0 Å². The van der Waals surface area contributed by atoms with Gasteiger partial charge in [-0.3, -0.25) is 9.59 Å². The van der Waals surface area contributed by atoms with Crippen molar-refractivity contribution in [2.45, 2.75) is 77.6 Å². The molecule has 202 valence electrons. The smallest absolute Gasteiger partial charge is 0.326 e. The van der Waals surface area contributed by atoms with E-state index in [1.54, 1.807) is 0 Å². The molecule has 1 aromatic rings. The summed E-state index contributed by atoms with van der Waals surface area (Å²) in [5.41, 5.74) is -2.53. The van der Waals surface area contributed by atoms with Gasteiger partial charge in [0.1, 0.15) is 0 Å². The van der Waals surface area contributed by atoms with Crippen LogP contribution in [0.4, 0.5) is 32.0 Å². The molecule has 1 aromatic carbocycles. The molecular formula is C28H31F6NO2. The number of ketones is 1. The number of amides is 1. The van der Waals surface area contributed by atoms with Gasteiger partial charge < -0.3 is 5.32 Å². The summed E-state index contributed by atoms with van der Waals surface area (Å²) in [5, 5.41) is 2.41. The van der Waals surface area contributed by atoms with Gasteiger partial charge in [-0.15, -0.1) is 0 Å². The minimum atomic E-state index is -4.97. The summed E-state index contributed by atoms with van der Waals surface area (Å²) in [4.78, 5) is 25.4. The lowest BCUT2D eigenvalue weighted by Gasteiger charge is -2.58. The van der Waals surface area contributed by atoms with Gasteiger partial charge in [0.05, 0.1) is 11.1 Å². The molecule has 0 spiro atoms. The van der Waals surface area contributed by atoms with Crippen molar-refractivity contribution < 1.29 is 35.9 Å². The number of hydrogen-bond donors (Lipinski definition) is 1. The number of hydrogen-bond acceptors (Lipinski definition) is 2. The maximum absolute atomic E-state index is 13.4. The second-order valence-electron chi connectivity index (χ2n) is 11.9. The molecule has 3 fully saturated rings. The van der Waals surface area contributed by atoms with Crippen LogP contribution < -0.4 is 5.32 Å². The van der Waals surface area contributed by atoms with E-state index in [4.69, 9.17) is 0 Å². The van der Waals surface area contributed by atoms with Crippen molar-refractivity contribution in [1.29, 1.82) is 0 Å². The molecule has 5 rings (SSSR count). The average Bonchev–Trinajstić information content (AvgIpc) is 3.15. The van der Waals surface area contributed by atoms with Crippen LogP contribution in [0.15, 0.2) is 29.8 Å². The van der Waals surface area contributed by atoms with Crippen molar-refractivity contribution >= 4 is 17.4 Å². The van der Waals surface area contributed by atoms with Gasteiger partial charge in [-0.25, -0.2) is 0 Å². The number of nitrogens with one attached hydrogen (secondary N) is 1. The molecule has 0 aliphatic heterocycles. The molecule has 37 heavy (non-hydrogen) atoms. The summed E-state index contributed by atoms with van der Waals surface area (Å²) in [5.74, 6) is 0.245. The van der Waals surface area contributed by atoms with E-state index < -0.39 is 41.0 Å². The van der Waals surface area contributed by atoms with Crippen LogP contribution in [0.1, 0.15) is 76.3 Å². The fourth-order valence-corrected chi connectivity index (χ4v) is 8.25. The van der Waals surface area contributed by atoms with Crippen LogP contribution in [0.3, 0.4) is 0 Å². The van der Waals surface area contributed by atoms with Gasteiger partial charge in [-0.1, -0.05) is 19.4 Å². The van der Waals surface area contributed by atoms with Gasteiger partial charge in [0, 0.05) is 18.0 Å². The molecule has 0 radical (unpaired) electrons. The van der Waals surface area contributed by atoms with Gasteiger partial charge in [-0.2, -0.15) is 26.3 Å². The zero-order chi connectivity index (χ0) is 27.0. The Morgan fingerprint density at radius 2 is 1.51 bits per heavy atom. The molecular weight excluding hydrogens is 496 g/mol. The molecule has 4 aliphatic carbocycles. The van der Waals surface area contributed by atoms with Crippen molar-refractivity contribution in [3.63, 3.8) is 0 Å². The van der Waals surface area contributed by atoms with Crippen molar-refractivity contribution in [3.05, 3.63) is 41.0 Å². The van der Waals surface area contributed by atoms with Crippen LogP contribution in [-0.2, 0) is 21.9 Å². The Hall–Kier alpha value is -2.32. The van der Waals surface area contributed by atoms with Crippen molar-refractivity contribution in [1.82, 2.24) is 0 Å². The number of carbonyl (C=O) groups excluding carboxylic acids is 2. The summed E-state index contributed by atoms with van der Waals surface area (Å²) < 4.78 is 79.7. The molecule has 0 heterocycles. The molecule has 3 nitrogen and oxygen atoms in total. The number of alkyl halides is 6. The highest BCUT2D eigenvalue weighted by molar-refractivity contribution is 5.93. The largest absolute Gasteiger partial charge is 0.416 e. The molecule has 0 saturated heterocycles. The molecule has 0 bridgehead atoms. The fraction of sp³-hybridized carbons (Fsp3) is 0.643. The van der Waals surface area contributed by atoms with Crippen LogP contribution in [0.5, 0.6) is 0 Å². The summed E-state index contributed by atoms with van der Waals surface area (Å²) in [6, 6.07) is 1.20. The van der Waals surface area contributed by atoms with Crippen LogP contribution in [-0.4, -0.2) is 11.7 Å². The lowest BCUT2D eigenvalue weighted by molar-refractivity contribution is -0.143. The molecule has 1 amide bonds. The highest BCUT2D eigenvalue weighted by Crippen LogP contribution is 2.66. The summed E-state index contributed by atoms with van der Waals surface area (Å²) in [6.07, 6.45) is -1.91.